The summed E-state index contributed by atoms with van der Waals surface area (Å²) in [5, 5.41) is 5.99. The number of carbonyl (C=O) groups is 1. The molecule has 0 aliphatic heterocycles. The number of aromatic nitrogens is 2. The third-order valence-electron chi connectivity index (χ3n) is 4.02. The van der Waals surface area contributed by atoms with Crippen LogP contribution in [0.25, 0.3) is 0 Å². The lowest BCUT2D eigenvalue weighted by Crippen LogP contribution is -2.13. The molecule has 26 heavy (non-hydrogen) atoms. The molecule has 0 saturated carbocycles. The first-order chi connectivity index (χ1) is 12.5. The van der Waals surface area contributed by atoms with Crippen LogP contribution >= 0.6 is 0 Å². The minimum Gasteiger partial charge on any atom is -0.324 e. The summed E-state index contributed by atoms with van der Waals surface area (Å²) >= 11 is 0. The number of aryl methyl sites for hydroxylation is 1. The third kappa shape index (κ3) is 4.45. The number of hydrogen-bond acceptors (Lipinski definition) is 4. The smallest absolute Gasteiger partial charge is 0.258 e. The summed E-state index contributed by atoms with van der Waals surface area (Å²) < 4.78 is 0. The van der Waals surface area contributed by atoms with E-state index in [1.165, 1.54) is 18.0 Å². The van der Waals surface area contributed by atoms with Gasteiger partial charge in [-0.1, -0.05) is 38.1 Å². The zero-order valence-electron chi connectivity index (χ0n) is 15.2. The third-order valence-corrected chi connectivity index (χ3v) is 4.02. The van der Waals surface area contributed by atoms with Crippen molar-refractivity contribution in [1.29, 1.82) is 0 Å². The number of rotatable bonds is 5. The predicted octanol–water partition coefficient (Wildman–Crippen LogP) is 4.90. The van der Waals surface area contributed by atoms with Crippen molar-refractivity contribution in [2.24, 2.45) is 0 Å². The minimum atomic E-state index is -0.232. The van der Waals surface area contributed by atoms with Gasteiger partial charge in [0.05, 0.1) is 5.56 Å². The van der Waals surface area contributed by atoms with Crippen LogP contribution in [0.15, 0.2) is 60.9 Å². The molecule has 0 aliphatic rings. The van der Waals surface area contributed by atoms with E-state index in [4.69, 9.17) is 0 Å². The van der Waals surface area contributed by atoms with Crippen LogP contribution in [0.5, 0.6) is 0 Å². The van der Waals surface area contributed by atoms with Gasteiger partial charge < -0.3 is 10.6 Å². The second kappa shape index (κ2) is 7.78. The molecular weight excluding hydrogens is 324 g/mol. The van der Waals surface area contributed by atoms with E-state index in [0.717, 1.165) is 16.9 Å². The number of nitrogens with zero attached hydrogens (tertiary/aromatic N) is 2. The van der Waals surface area contributed by atoms with Gasteiger partial charge in [0.2, 0.25) is 5.95 Å². The van der Waals surface area contributed by atoms with Crippen molar-refractivity contribution in [2.75, 3.05) is 10.6 Å². The molecule has 132 valence electrons. The lowest BCUT2D eigenvalue weighted by Gasteiger charge is -2.09. The van der Waals surface area contributed by atoms with Gasteiger partial charge in [-0.05, 0) is 48.2 Å². The predicted molar refractivity (Wildman–Crippen MR) is 105 cm³/mol. The molecule has 0 unspecified atom stereocenters. The van der Waals surface area contributed by atoms with Crippen molar-refractivity contribution in [3.05, 3.63) is 77.6 Å². The van der Waals surface area contributed by atoms with E-state index in [1.807, 2.05) is 55.5 Å². The highest BCUT2D eigenvalue weighted by Gasteiger charge is 2.08. The van der Waals surface area contributed by atoms with Crippen molar-refractivity contribution < 1.29 is 4.79 Å². The molecule has 0 aliphatic carbocycles. The van der Waals surface area contributed by atoms with Gasteiger partial charge in [0.25, 0.3) is 5.91 Å². The molecule has 0 radical (unpaired) electrons. The van der Waals surface area contributed by atoms with Gasteiger partial charge in [0.1, 0.15) is 0 Å². The summed E-state index contributed by atoms with van der Waals surface area (Å²) in [4.78, 5) is 20.8. The number of hydrogen-bond donors (Lipinski definition) is 2. The molecule has 5 nitrogen and oxygen atoms in total. The monoisotopic (exact) mass is 346 g/mol. The molecule has 0 spiro atoms. The van der Waals surface area contributed by atoms with E-state index in [0.29, 0.717) is 17.4 Å². The molecular formula is C21H22N4O. The van der Waals surface area contributed by atoms with Gasteiger partial charge in [-0.2, -0.15) is 0 Å². The van der Waals surface area contributed by atoms with E-state index in [9.17, 15) is 4.79 Å². The maximum atomic E-state index is 12.3. The molecule has 3 aromatic rings. The van der Waals surface area contributed by atoms with Crippen molar-refractivity contribution >= 4 is 23.2 Å². The molecule has 0 saturated heterocycles. The van der Waals surface area contributed by atoms with Crippen LogP contribution in [0.4, 0.5) is 17.3 Å². The highest BCUT2D eigenvalue weighted by Crippen LogP contribution is 2.18. The first-order valence-electron chi connectivity index (χ1n) is 8.58. The fourth-order valence-electron chi connectivity index (χ4n) is 2.52. The van der Waals surface area contributed by atoms with Gasteiger partial charge in [0.15, 0.2) is 0 Å². The van der Waals surface area contributed by atoms with E-state index >= 15 is 0 Å². The Morgan fingerprint density at radius 1 is 0.962 bits per heavy atom. The van der Waals surface area contributed by atoms with Crippen LogP contribution in [0.2, 0.25) is 0 Å². The molecule has 5 heteroatoms. The lowest BCUT2D eigenvalue weighted by atomic mass is 10.0. The molecule has 0 atom stereocenters. The summed E-state index contributed by atoms with van der Waals surface area (Å²) in [7, 11) is 0. The lowest BCUT2D eigenvalue weighted by molar-refractivity contribution is 0.102. The summed E-state index contributed by atoms with van der Waals surface area (Å²) in [5.74, 6) is 0.680. The van der Waals surface area contributed by atoms with Gasteiger partial charge >= 0.3 is 0 Å². The summed E-state index contributed by atoms with van der Waals surface area (Å²) in [6.45, 7) is 6.29. The number of amides is 1. The van der Waals surface area contributed by atoms with Crippen LogP contribution in [-0.4, -0.2) is 15.9 Å². The van der Waals surface area contributed by atoms with Crippen molar-refractivity contribution in [3.63, 3.8) is 0 Å². The van der Waals surface area contributed by atoms with Crippen molar-refractivity contribution in [2.45, 2.75) is 26.7 Å². The fourth-order valence-corrected chi connectivity index (χ4v) is 2.52. The maximum absolute atomic E-state index is 12.3. The average molecular weight is 346 g/mol. The van der Waals surface area contributed by atoms with E-state index in [2.05, 4.69) is 34.4 Å². The minimum absolute atomic E-state index is 0.232. The second-order valence-corrected chi connectivity index (χ2v) is 6.52. The largest absolute Gasteiger partial charge is 0.324 e. The summed E-state index contributed by atoms with van der Waals surface area (Å²) in [5.41, 5.74) is 4.45. The molecule has 0 bridgehead atoms. The Labute approximate surface area is 153 Å². The maximum Gasteiger partial charge on any atom is 0.258 e. The first kappa shape index (κ1) is 17.6. The van der Waals surface area contributed by atoms with Crippen LogP contribution < -0.4 is 10.6 Å². The van der Waals surface area contributed by atoms with E-state index < -0.39 is 0 Å². The standard InChI is InChI=1S/C21H22N4O/c1-14(2)16-7-9-18(10-8-16)24-20(26)17-12-22-21(23-13-17)25-19-6-4-5-15(3)11-19/h4-14H,1-3H3,(H,24,26)(H,22,23,25). The normalized spacial score (nSPS) is 10.6. The Kier molecular flexibility index (Phi) is 5.27. The number of carbonyl (C=O) groups excluding carboxylic acids is 1. The second-order valence-electron chi connectivity index (χ2n) is 6.52. The fraction of sp³-hybridized carbons (Fsp3) is 0.190. The molecule has 3 rings (SSSR count). The SMILES string of the molecule is Cc1cccc(Nc2ncc(C(=O)Nc3ccc(C(C)C)cc3)cn2)c1. The van der Waals surface area contributed by atoms with E-state index in [-0.39, 0.29) is 5.91 Å². The quantitative estimate of drug-likeness (QED) is 0.689. The van der Waals surface area contributed by atoms with Crippen LogP contribution in [0.3, 0.4) is 0 Å². The Morgan fingerprint density at radius 3 is 2.27 bits per heavy atom. The Bertz CT molecular complexity index is 887. The highest BCUT2D eigenvalue weighted by molar-refractivity contribution is 6.03. The molecule has 0 fully saturated rings. The number of nitrogens with one attached hydrogen (secondary N) is 2. The molecule has 2 N–H and O–H groups in total. The first-order valence-corrected chi connectivity index (χ1v) is 8.58. The molecule has 1 aromatic heterocycles. The summed E-state index contributed by atoms with van der Waals surface area (Å²) in [6.07, 6.45) is 3.03. The van der Waals surface area contributed by atoms with Gasteiger partial charge in [-0.15, -0.1) is 0 Å². The van der Waals surface area contributed by atoms with Crippen LogP contribution in [0, 0.1) is 6.92 Å². The van der Waals surface area contributed by atoms with Gasteiger partial charge in [0, 0.05) is 23.8 Å². The molecule has 2 aromatic carbocycles. The Balaban J connectivity index is 1.65. The van der Waals surface area contributed by atoms with Crippen LogP contribution in [-0.2, 0) is 0 Å². The van der Waals surface area contributed by atoms with E-state index in [1.54, 1.807) is 0 Å². The highest BCUT2D eigenvalue weighted by atomic mass is 16.1. The van der Waals surface area contributed by atoms with Crippen molar-refractivity contribution in [3.8, 4) is 0 Å². The number of benzene rings is 2. The zero-order valence-corrected chi connectivity index (χ0v) is 15.2. The molecule has 1 amide bonds. The van der Waals surface area contributed by atoms with Gasteiger partial charge in [-0.3, -0.25) is 4.79 Å². The average Bonchev–Trinajstić information content (AvgIpc) is 2.63. The zero-order chi connectivity index (χ0) is 18.5. The Morgan fingerprint density at radius 2 is 1.65 bits per heavy atom. The number of anilines is 3. The summed E-state index contributed by atoms with van der Waals surface area (Å²) in [6, 6.07) is 15.8. The molecule has 1 heterocycles. The van der Waals surface area contributed by atoms with Crippen molar-refractivity contribution in [1.82, 2.24) is 9.97 Å². The topological polar surface area (TPSA) is 66.9 Å². The Hall–Kier alpha value is -3.21. The van der Waals surface area contributed by atoms with Gasteiger partial charge in [-0.25, -0.2) is 9.97 Å². The van der Waals surface area contributed by atoms with Crippen LogP contribution in [0.1, 0.15) is 41.3 Å².